The number of halogens is 1. The van der Waals surface area contributed by atoms with Crippen molar-refractivity contribution >= 4 is 34.2 Å². The molecule has 0 spiro atoms. The fourth-order valence-electron chi connectivity index (χ4n) is 6.52. The molecule has 3 amide bonds. The van der Waals surface area contributed by atoms with Gasteiger partial charge in [0.2, 0.25) is 5.91 Å². The fraction of sp³-hybridized carbons (Fsp3) is 0.353. The highest BCUT2D eigenvalue weighted by atomic mass is 19.1. The smallest absolute Gasteiger partial charge is 0.318 e. The number of carbonyl (C=O) groups is 2. The van der Waals surface area contributed by atoms with Gasteiger partial charge in [-0.3, -0.25) is 4.79 Å². The molecule has 224 valence electrons. The summed E-state index contributed by atoms with van der Waals surface area (Å²) in [7, 11) is 4.01. The van der Waals surface area contributed by atoms with Gasteiger partial charge >= 0.3 is 6.03 Å². The summed E-state index contributed by atoms with van der Waals surface area (Å²) in [6.45, 7) is 3.83. The normalized spacial score (nSPS) is 17.7. The van der Waals surface area contributed by atoms with E-state index in [1.165, 1.54) is 12.1 Å². The molecule has 43 heavy (non-hydrogen) atoms. The van der Waals surface area contributed by atoms with Crippen LogP contribution in [-0.4, -0.2) is 86.1 Å². The van der Waals surface area contributed by atoms with Crippen molar-refractivity contribution in [1.82, 2.24) is 20.1 Å². The summed E-state index contributed by atoms with van der Waals surface area (Å²) < 4.78 is 14.3. The summed E-state index contributed by atoms with van der Waals surface area (Å²) in [4.78, 5) is 39.4. The highest BCUT2D eigenvalue weighted by Crippen LogP contribution is 2.32. The van der Waals surface area contributed by atoms with Crippen LogP contribution in [0.1, 0.15) is 11.1 Å². The van der Waals surface area contributed by atoms with E-state index in [1.54, 1.807) is 15.9 Å². The molecule has 2 N–H and O–H groups in total. The van der Waals surface area contributed by atoms with Crippen molar-refractivity contribution < 1.29 is 14.0 Å². The highest BCUT2D eigenvalue weighted by molar-refractivity contribution is 6.00. The zero-order chi connectivity index (χ0) is 29.9. The molecule has 2 aliphatic rings. The standard InChI is InChI=1S/C34H39FN6O2/c1-38(2)22-24-18-25-19-27(35)12-13-32(25)41(23-24)33(42)31(20-26-21-36-30-11-7-6-10-29(26)30)37-34(43)40-16-14-39(15-17-40)28-8-4-3-5-9-28/h3-13,19,21,24,31,36H,14-18,20,22-23H2,1-2H3,(H,37,43)/t24-,31-/m1/s1. The number of aromatic nitrogens is 1. The van der Waals surface area contributed by atoms with Crippen LogP contribution in [0, 0.1) is 11.7 Å². The zero-order valence-electron chi connectivity index (χ0n) is 24.8. The van der Waals surface area contributed by atoms with Crippen LogP contribution < -0.4 is 15.1 Å². The van der Waals surface area contributed by atoms with Gasteiger partial charge in [0.15, 0.2) is 0 Å². The van der Waals surface area contributed by atoms with E-state index in [0.717, 1.165) is 53.0 Å². The molecule has 3 aromatic carbocycles. The van der Waals surface area contributed by atoms with Gasteiger partial charge in [-0.05, 0) is 74.0 Å². The summed E-state index contributed by atoms with van der Waals surface area (Å²) in [5.74, 6) is -0.350. The highest BCUT2D eigenvalue weighted by Gasteiger charge is 2.35. The molecule has 0 radical (unpaired) electrons. The molecule has 6 rings (SSSR count). The van der Waals surface area contributed by atoms with Crippen molar-refractivity contribution in [2.75, 3.05) is 63.2 Å². The van der Waals surface area contributed by atoms with E-state index in [-0.39, 0.29) is 23.7 Å². The SMILES string of the molecule is CN(C)C[C@H]1Cc2cc(F)ccc2N(C(=O)[C@@H](Cc2c[nH]c3ccccc23)NC(=O)N2CCN(c3ccccc3)CC2)C1. The van der Waals surface area contributed by atoms with Crippen LogP contribution in [0.4, 0.5) is 20.6 Å². The Hall–Kier alpha value is -4.37. The number of urea groups is 1. The van der Waals surface area contributed by atoms with Gasteiger partial charge in [0.05, 0.1) is 0 Å². The van der Waals surface area contributed by atoms with Gasteiger partial charge in [-0.2, -0.15) is 0 Å². The molecule has 9 heteroatoms. The molecule has 1 saturated heterocycles. The quantitative estimate of drug-likeness (QED) is 0.336. The molecule has 0 unspecified atom stereocenters. The molecule has 3 heterocycles. The lowest BCUT2D eigenvalue weighted by molar-refractivity contribution is -0.120. The topological polar surface area (TPSA) is 74.9 Å². The van der Waals surface area contributed by atoms with Crippen molar-refractivity contribution in [3.8, 4) is 0 Å². The molecular formula is C34H39FN6O2. The Balaban J connectivity index is 1.25. The van der Waals surface area contributed by atoms with E-state index in [9.17, 15) is 14.0 Å². The van der Waals surface area contributed by atoms with Gasteiger partial charge in [-0.15, -0.1) is 0 Å². The van der Waals surface area contributed by atoms with Crippen LogP contribution in [0.3, 0.4) is 0 Å². The first kappa shape index (κ1) is 28.7. The van der Waals surface area contributed by atoms with E-state index >= 15 is 0 Å². The molecule has 2 atom stereocenters. The third kappa shape index (κ3) is 6.37. The molecule has 0 bridgehead atoms. The minimum absolute atomic E-state index is 0.142. The number of nitrogens with one attached hydrogen (secondary N) is 2. The average Bonchev–Trinajstić information content (AvgIpc) is 3.42. The van der Waals surface area contributed by atoms with Gasteiger partial charge in [0, 0.05) is 74.2 Å². The Morgan fingerprint density at radius 3 is 2.51 bits per heavy atom. The second kappa shape index (κ2) is 12.5. The predicted octanol–water partition coefficient (Wildman–Crippen LogP) is 4.52. The zero-order valence-corrected chi connectivity index (χ0v) is 24.8. The van der Waals surface area contributed by atoms with E-state index < -0.39 is 6.04 Å². The maximum absolute atomic E-state index is 14.5. The summed E-state index contributed by atoms with van der Waals surface area (Å²) in [6.07, 6.45) is 2.95. The van der Waals surface area contributed by atoms with Crippen molar-refractivity contribution in [3.05, 3.63) is 95.9 Å². The van der Waals surface area contributed by atoms with Crippen molar-refractivity contribution in [1.29, 1.82) is 0 Å². The molecule has 1 aromatic heterocycles. The molecule has 8 nitrogen and oxygen atoms in total. The fourth-order valence-corrected chi connectivity index (χ4v) is 6.52. The summed E-state index contributed by atoms with van der Waals surface area (Å²) in [5, 5.41) is 4.14. The predicted molar refractivity (Wildman–Crippen MR) is 169 cm³/mol. The van der Waals surface area contributed by atoms with Crippen LogP contribution >= 0.6 is 0 Å². The number of anilines is 2. The maximum Gasteiger partial charge on any atom is 0.318 e. The maximum atomic E-state index is 14.5. The lowest BCUT2D eigenvalue weighted by Gasteiger charge is -2.39. The van der Waals surface area contributed by atoms with E-state index in [4.69, 9.17) is 0 Å². The number of hydrogen-bond acceptors (Lipinski definition) is 4. The number of nitrogens with zero attached hydrogens (tertiary/aromatic N) is 4. The largest absolute Gasteiger partial charge is 0.368 e. The number of amides is 3. The summed E-state index contributed by atoms with van der Waals surface area (Å²) in [6, 6.07) is 21.8. The Kier molecular flexibility index (Phi) is 8.33. The van der Waals surface area contributed by atoms with Crippen LogP contribution in [0.2, 0.25) is 0 Å². The van der Waals surface area contributed by atoms with Crippen molar-refractivity contribution in [2.24, 2.45) is 5.92 Å². The van der Waals surface area contributed by atoms with Crippen LogP contribution in [0.5, 0.6) is 0 Å². The van der Waals surface area contributed by atoms with E-state index in [1.807, 2.05) is 62.8 Å². The molecule has 2 aliphatic heterocycles. The molecular weight excluding hydrogens is 543 g/mol. The second-order valence-corrected chi connectivity index (χ2v) is 11.9. The molecule has 1 fully saturated rings. The first-order valence-electron chi connectivity index (χ1n) is 15.0. The molecule has 0 saturated carbocycles. The first-order valence-corrected chi connectivity index (χ1v) is 15.0. The Labute approximate surface area is 252 Å². The second-order valence-electron chi connectivity index (χ2n) is 11.9. The number of benzene rings is 3. The number of hydrogen-bond donors (Lipinski definition) is 2. The van der Waals surface area contributed by atoms with Gasteiger partial charge in [-0.25, -0.2) is 9.18 Å². The number of para-hydroxylation sites is 2. The van der Waals surface area contributed by atoms with E-state index in [2.05, 4.69) is 32.2 Å². The number of H-pyrrole nitrogens is 1. The van der Waals surface area contributed by atoms with Gasteiger partial charge in [0.25, 0.3) is 0 Å². The van der Waals surface area contributed by atoms with Gasteiger partial charge in [-0.1, -0.05) is 36.4 Å². The number of piperazine rings is 1. The Morgan fingerprint density at radius 2 is 1.74 bits per heavy atom. The van der Waals surface area contributed by atoms with Gasteiger partial charge < -0.3 is 29.9 Å². The van der Waals surface area contributed by atoms with Crippen LogP contribution in [0.15, 0.2) is 79.0 Å². The number of fused-ring (bicyclic) bond motifs is 2. The van der Waals surface area contributed by atoms with E-state index in [0.29, 0.717) is 32.5 Å². The van der Waals surface area contributed by atoms with Crippen molar-refractivity contribution in [3.63, 3.8) is 0 Å². The molecule has 0 aliphatic carbocycles. The Morgan fingerprint density at radius 1 is 1.00 bits per heavy atom. The van der Waals surface area contributed by atoms with Crippen LogP contribution in [0.25, 0.3) is 10.9 Å². The lowest BCUT2D eigenvalue weighted by atomic mass is 9.91. The third-order valence-corrected chi connectivity index (χ3v) is 8.55. The average molecular weight is 583 g/mol. The first-order chi connectivity index (χ1) is 20.9. The minimum atomic E-state index is -0.796. The summed E-state index contributed by atoms with van der Waals surface area (Å²) in [5.41, 5.74) is 4.63. The molecule has 4 aromatic rings. The van der Waals surface area contributed by atoms with Crippen molar-refractivity contribution in [2.45, 2.75) is 18.9 Å². The number of carbonyl (C=O) groups excluding carboxylic acids is 2. The third-order valence-electron chi connectivity index (χ3n) is 8.55. The number of rotatable bonds is 7. The lowest BCUT2D eigenvalue weighted by Crippen LogP contribution is -2.58. The van der Waals surface area contributed by atoms with Crippen LogP contribution in [-0.2, 0) is 17.6 Å². The summed E-state index contributed by atoms with van der Waals surface area (Å²) >= 11 is 0. The Bertz CT molecular complexity index is 1580. The van der Waals surface area contributed by atoms with Gasteiger partial charge in [0.1, 0.15) is 11.9 Å². The number of aromatic amines is 1. The minimum Gasteiger partial charge on any atom is -0.368 e. The monoisotopic (exact) mass is 582 g/mol.